The monoisotopic (exact) mass is 371 g/mol. The Morgan fingerprint density at radius 2 is 1.81 bits per heavy atom. The zero-order valence-electron chi connectivity index (χ0n) is 15.9. The summed E-state index contributed by atoms with van der Waals surface area (Å²) in [5.74, 6) is -0.0268. The van der Waals surface area contributed by atoms with E-state index in [-0.39, 0.29) is 29.9 Å². The fourth-order valence-electron chi connectivity index (χ4n) is 2.59. The Kier molecular flexibility index (Phi) is 7.67. The lowest BCUT2D eigenvalue weighted by molar-refractivity contribution is -0.123. The smallest absolute Gasteiger partial charge is 0.341 e. The van der Waals surface area contributed by atoms with E-state index >= 15 is 0 Å². The van der Waals surface area contributed by atoms with Crippen molar-refractivity contribution in [3.63, 3.8) is 0 Å². The normalized spacial score (nSPS) is 11.4. The number of esters is 1. The fraction of sp³-hybridized carbons (Fsp3) is 0.333. The lowest BCUT2D eigenvalue weighted by Crippen LogP contribution is -2.36. The highest BCUT2D eigenvalue weighted by molar-refractivity contribution is 5.92. The van der Waals surface area contributed by atoms with Gasteiger partial charge in [-0.15, -0.1) is 0 Å². The van der Waals surface area contributed by atoms with Crippen LogP contribution in [0.3, 0.4) is 0 Å². The van der Waals surface area contributed by atoms with Crippen LogP contribution in [0, 0.1) is 0 Å². The number of carbonyl (C=O) groups excluding carboxylic acids is 2. The van der Waals surface area contributed by atoms with Crippen molar-refractivity contribution in [1.82, 2.24) is 5.32 Å². The molecule has 2 aromatic rings. The van der Waals surface area contributed by atoms with E-state index < -0.39 is 5.97 Å². The first-order valence-electron chi connectivity index (χ1n) is 8.76. The molecule has 1 N–H and O–H groups in total. The van der Waals surface area contributed by atoms with E-state index in [1.807, 2.05) is 25.1 Å². The van der Waals surface area contributed by atoms with Crippen LogP contribution in [0.1, 0.15) is 29.3 Å². The molecule has 1 atom stereocenters. The Labute approximate surface area is 159 Å². The molecule has 0 aromatic heterocycles. The number of nitrogens with one attached hydrogen (secondary N) is 1. The number of hydrogen-bond acceptors (Lipinski definition) is 5. The maximum absolute atomic E-state index is 12.2. The van der Waals surface area contributed by atoms with Crippen LogP contribution in [0.25, 0.3) is 0 Å². The van der Waals surface area contributed by atoms with Gasteiger partial charge in [0.15, 0.2) is 6.61 Å². The molecule has 0 heterocycles. The molecule has 27 heavy (non-hydrogen) atoms. The molecule has 0 saturated heterocycles. The molecule has 6 nitrogen and oxygen atoms in total. The summed E-state index contributed by atoms with van der Waals surface area (Å²) in [6.07, 6.45) is 1.70. The van der Waals surface area contributed by atoms with E-state index in [9.17, 15) is 9.59 Å². The average Bonchev–Trinajstić information content (AvgIpc) is 2.70. The summed E-state index contributed by atoms with van der Waals surface area (Å²) in [5.41, 5.74) is 1.47. The number of carbonyl (C=O) groups is 2. The molecule has 0 bridgehead atoms. The number of benzene rings is 2. The molecule has 0 unspecified atom stereocenters. The minimum Gasteiger partial charge on any atom is -0.497 e. The Balaban J connectivity index is 1.88. The molecule has 0 aliphatic rings. The van der Waals surface area contributed by atoms with Crippen LogP contribution in [-0.2, 0) is 16.0 Å². The SMILES string of the molecule is COC(=O)c1ccc(OC)cc1OCC(=O)N[C@@H](C)CCc1ccccc1. The Morgan fingerprint density at radius 1 is 1.07 bits per heavy atom. The largest absolute Gasteiger partial charge is 0.497 e. The van der Waals surface area contributed by atoms with Crippen molar-refractivity contribution in [2.45, 2.75) is 25.8 Å². The Morgan fingerprint density at radius 3 is 2.48 bits per heavy atom. The van der Waals surface area contributed by atoms with E-state index in [1.54, 1.807) is 18.2 Å². The fourth-order valence-corrected chi connectivity index (χ4v) is 2.59. The quantitative estimate of drug-likeness (QED) is 0.686. The number of ether oxygens (including phenoxy) is 3. The highest BCUT2D eigenvalue weighted by Gasteiger charge is 2.16. The highest BCUT2D eigenvalue weighted by atomic mass is 16.5. The molecule has 0 aliphatic carbocycles. The first-order valence-corrected chi connectivity index (χ1v) is 8.76. The van der Waals surface area contributed by atoms with Crippen LogP contribution in [0.2, 0.25) is 0 Å². The second-order valence-electron chi connectivity index (χ2n) is 6.14. The van der Waals surface area contributed by atoms with Gasteiger partial charge < -0.3 is 19.5 Å². The number of rotatable bonds is 9. The van der Waals surface area contributed by atoms with E-state index in [0.717, 1.165) is 12.8 Å². The summed E-state index contributed by atoms with van der Waals surface area (Å²) in [4.78, 5) is 24.0. The van der Waals surface area contributed by atoms with Gasteiger partial charge in [0.1, 0.15) is 17.1 Å². The minimum atomic E-state index is -0.538. The van der Waals surface area contributed by atoms with Crippen LogP contribution < -0.4 is 14.8 Å². The molecular formula is C21H25NO5. The maximum atomic E-state index is 12.2. The summed E-state index contributed by atoms with van der Waals surface area (Å²) in [7, 11) is 2.80. The second-order valence-corrected chi connectivity index (χ2v) is 6.14. The molecule has 144 valence electrons. The molecule has 1 amide bonds. The minimum absolute atomic E-state index is 0.00620. The topological polar surface area (TPSA) is 73.9 Å². The predicted octanol–water partition coefficient (Wildman–Crippen LogP) is 3.00. The predicted molar refractivity (Wildman–Crippen MR) is 102 cm³/mol. The van der Waals surface area contributed by atoms with Crippen molar-refractivity contribution >= 4 is 11.9 Å². The number of hydrogen-bond donors (Lipinski definition) is 1. The van der Waals surface area contributed by atoms with Crippen molar-refractivity contribution in [3.8, 4) is 11.5 Å². The Bertz CT molecular complexity index is 760. The zero-order valence-corrected chi connectivity index (χ0v) is 15.9. The van der Waals surface area contributed by atoms with Gasteiger partial charge in [0.2, 0.25) is 0 Å². The van der Waals surface area contributed by atoms with E-state index in [1.165, 1.54) is 19.8 Å². The summed E-state index contributed by atoms with van der Waals surface area (Å²) in [6, 6.07) is 14.8. The second kappa shape index (κ2) is 10.2. The number of aryl methyl sites for hydroxylation is 1. The van der Waals surface area contributed by atoms with Crippen molar-refractivity contribution in [3.05, 3.63) is 59.7 Å². The molecule has 6 heteroatoms. The van der Waals surface area contributed by atoms with E-state index in [0.29, 0.717) is 5.75 Å². The molecular weight excluding hydrogens is 346 g/mol. The molecule has 0 fully saturated rings. The van der Waals surface area contributed by atoms with Crippen LogP contribution in [0.15, 0.2) is 48.5 Å². The first kappa shape index (κ1) is 20.3. The summed E-state index contributed by atoms with van der Waals surface area (Å²) < 4.78 is 15.4. The van der Waals surface area contributed by atoms with Gasteiger partial charge in [-0.2, -0.15) is 0 Å². The van der Waals surface area contributed by atoms with Gasteiger partial charge >= 0.3 is 5.97 Å². The molecule has 2 aromatic carbocycles. The standard InChI is InChI=1S/C21H25NO5/c1-15(9-10-16-7-5-4-6-8-16)22-20(23)14-27-19-13-17(25-2)11-12-18(19)21(24)26-3/h4-8,11-13,15H,9-10,14H2,1-3H3,(H,22,23)/t15-/m0/s1. The lowest BCUT2D eigenvalue weighted by Gasteiger charge is -2.15. The third kappa shape index (κ3) is 6.33. The van der Waals surface area contributed by atoms with Gasteiger partial charge in [-0.3, -0.25) is 4.79 Å². The van der Waals surface area contributed by atoms with Crippen LogP contribution in [-0.4, -0.2) is 38.7 Å². The van der Waals surface area contributed by atoms with Crippen LogP contribution in [0.5, 0.6) is 11.5 Å². The van der Waals surface area contributed by atoms with Crippen molar-refractivity contribution in [2.75, 3.05) is 20.8 Å². The number of methoxy groups -OCH3 is 2. The summed E-state index contributed by atoms with van der Waals surface area (Å²) in [6.45, 7) is 1.75. The summed E-state index contributed by atoms with van der Waals surface area (Å²) >= 11 is 0. The van der Waals surface area contributed by atoms with E-state index in [4.69, 9.17) is 14.2 Å². The van der Waals surface area contributed by atoms with Crippen LogP contribution in [0.4, 0.5) is 0 Å². The van der Waals surface area contributed by atoms with Gasteiger partial charge in [0.25, 0.3) is 5.91 Å². The van der Waals surface area contributed by atoms with Gasteiger partial charge in [-0.25, -0.2) is 4.79 Å². The molecule has 0 saturated carbocycles. The Hall–Kier alpha value is -3.02. The zero-order chi connectivity index (χ0) is 19.6. The van der Waals surface area contributed by atoms with Crippen molar-refractivity contribution in [1.29, 1.82) is 0 Å². The van der Waals surface area contributed by atoms with Gasteiger partial charge in [-0.05, 0) is 37.5 Å². The lowest BCUT2D eigenvalue weighted by atomic mass is 10.1. The van der Waals surface area contributed by atoms with Gasteiger partial charge in [-0.1, -0.05) is 30.3 Å². The molecule has 2 rings (SSSR count). The summed E-state index contributed by atoms with van der Waals surface area (Å²) in [5, 5.41) is 2.90. The molecule has 0 spiro atoms. The molecule has 0 aliphatic heterocycles. The third-order valence-electron chi connectivity index (χ3n) is 4.07. The third-order valence-corrected chi connectivity index (χ3v) is 4.07. The van der Waals surface area contributed by atoms with Gasteiger partial charge in [0, 0.05) is 12.1 Å². The van der Waals surface area contributed by atoms with Crippen molar-refractivity contribution in [2.24, 2.45) is 0 Å². The molecule has 0 radical (unpaired) electrons. The first-order chi connectivity index (χ1) is 13.0. The van der Waals surface area contributed by atoms with Crippen LogP contribution >= 0.6 is 0 Å². The van der Waals surface area contributed by atoms with Crippen molar-refractivity contribution < 1.29 is 23.8 Å². The number of amides is 1. The van der Waals surface area contributed by atoms with Gasteiger partial charge in [0.05, 0.1) is 14.2 Å². The maximum Gasteiger partial charge on any atom is 0.341 e. The van der Waals surface area contributed by atoms with E-state index in [2.05, 4.69) is 17.4 Å². The average molecular weight is 371 g/mol. The highest BCUT2D eigenvalue weighted by Crippen LogP contribution is 2.25.